The number of rotatable bonds is 8. The lowest BCUT2D eigenvalue weighted by atomic mass is 10.2. The van der Waals surface area contributed by atoms with Gasteiger partial charge in [0, 0.05) is 18.5 Å². The molecule has 4 nitrogen and oxygen atoms in total. The first-order valence-electron chi connectivity index (χ1n) is 10.5. The second kappa shape index (κ2) is 9.81. The van der Waals surface area contributed by atoms with Crippen LogP contribution >= 0.6 is 0 Å². The van der Waals surface area contributed by atoms with Crippen molar-refractivity contribution in [3.8, 4) is 5.75 Å². The van der Waals surface area contributed by atoms with E-state index in [2.05, 4.69) is 5.32 Å². The minimum absolute atomic E-state index is 0.0986. The van der Waals surface area contributed by atoms with Gasteiger partial charge in [0.25, 0.3) is 5.91 Å². The Kier molecular flexibility index (Phi) is 6.48. The van der Waals surface area contributed by atoms with Gasteiger partial charge in [-0.05, 0) is 36.2 Å². The van der Waals surface area contributed by atoms with Gasteiger partial charge >= 0.3 is 0 Å². The Bertz CT molecular complexity index is 1180. The number of nitrogens with one attached hydrogen (secondary N) is 1. The second-order valence-corrected chi connectivity index (χ2v) is 7.34. The van der Waals surface area contributed by atoms with E-state index < -0.39 is 0 Å². The normalized spacial score (nSPS) is 11.1. The molecule has 4 heteroatoms. The van der Waals surface area contributed by atoms with Gasteiger partial charge in [0.15, 0.2) is 0 Å². The molecule has 1 aromatic heterocycles. The van der Waals surface area contributed by atoms with E-state index in [1.54, 1.807) is 0 Å². The van der Waals surface area contributed by atoms with E-state index in [0.29, 0.717) is 25.4 Å². The summed E-state index contributed by atoms with van der Waals surface area (Å²) in [6.07, 6.45) is 4.04. The lowest BCUT2D eigenvalue weighted by molar-refractivity contribution is 0.0942. The molecule has 4 aromatic rings. The van der Waals surface area contributed by atoms with Crippen LogP contribution in [0.1, 0.15) is 28.5 Å². The molecule has 0 aliphatic heterocycles. The summed E-state index contributed by atoms with van der Waals surface area (Å²) in [5, 5.41) is 3.98. The SMILES string of the molecule is C/C=C\Cn1c(C(=O)NCc2ccccc2)cc2c(OCc3ccccc3)cccc21. The lowest BCUT2D eigenvalue weighted by Crippen LogP contribution is -2.25. The van der Waals surface area contributed by atoms with Crippen molar-refractivity contribution in [2.45, 2.75) is 26.6 Å². The number of allylic oxidation sites excluding steroid dienone is 2. The first kappa shape index (κ1) is 20.5. The Balaban J connectivity index is 1.62. The van der Waals surface area contributed by atoms with Crippen molar-refractivity contribution in [2.75, 3.05) is 0 Å². The number of hydrogen-bond donors (Lipinski definition) is 1. The zero-order valence-corrected chi connectivity index (χ0v) is 17.6. The maximum Gasteiger partial charge on any atom is 0.268 e. The van der Waals surface area contributed by atoms with Crippen LogP contribution in [0.5, 0.6) is 5.75 Å². The highest BCUT2D eigenvalue weighted by molar-refractivity contribution is 6.00. The highest BCUT2D eigenvalue weighted by atomic mass is 16.5. The molecule has 0 saturated heterocycles. The largest absolute Gasteiger partial charge is 0.488 e. The molecule has 0 aliphatic rings. The molecule has 1 amide bonds. The van der Waals surface area contributed by atoms with Gasteiger partial charge in [-0.2, -0.15) is 0 Å². The molecule has 0 aliphatic carbocycles. The van der Waals surface area contributed by atoms with E-state index in [1.165, 1.54) is 0 Å². The van der Waals surface area contributed by atoms with E-state index in [-0.39, 0.29) is 5.91 Å². The third kappa shape index (κ3) is 4.86. The monoisotopic (exact) mass is 410 g/mol. The summed E-state index contributed by atoms with van der Waals surface area (Å²) in [4.78, 5) is 13.1. The van der Waals surface area contributed by atoms with Crippen LogP contribution in [0.25, 0.3) is 10.9 Å². The van der Waals surface area contributed by atoms with Gasteiger partial charge in [-0.1, -0.05) is 78.9 Å². The average molecular weight is 411 g/mol. The summed E-state index contributed by atoms with van der Waals surface area (Å²) >= 11 is 0. The summed E-state index contributed by atoms with van der Waals surface area (Å²) in [6, 6.07) is 27.9. The minimum atomic E-state index is -0.0986. The summed E-state index contributed by atoms with van der Waals surface area (Å²) < 4.78 is 8.16. The van der Waals surface area contributed by atoms with Crippen LogP contribution in [0.2, 0.25) is 0 Å². The standard InChI is InChI=1S/C27H26N2O2/c1-2-3-17-29-24-15-10-16-26(31-20-22-13-8-5-9-14-22)23(24)18-25(29)27(30)28-19-21-11-6-4-7-12-21/h2-16,18H,17,19-20H2,1H3,(H,28,30)/b3-2-. The molecule has 0 bridgehead atoms. The third-order valence-electron chi connectivity index (χ3n) is 5.20. The Morgan fingerprint density at radius 1 is 0.935 bits per heavy atom. The molecule has 3 aromatic carbocycles. The Morgan fingerprint density at radius 3 is 2.35 bits per heavy atom. The van der Waals surface area contributed by atoms with Crippen molar-refractivity contribution in [2.24, 2.45) is 0 Å². The van der Waals surface area contributed by atoms with Crippen molar-refractivity contribution in [3.63, 3.8) is 0 Å². The van der Waals surface area contributed by atoms with Crippen LogP contribution in [0.3, 0.4) is 0 Å². The predicted octanol–water partition coefficient (Wildman–Crippen LogP) is 5.73. The molecule has 1 N–H and O–H groups in total. The van der Waals surface area contributed by atoms with Gasteiger partial charge in [0.2, 0.25) is 0 Å². The topological polar surface area (TPSA) is 43.3 Å². The van der Waals surface area contributed by atoms with Crippen molar-refractivity contribution in [1.82, 2.24) is 9.88 Å². The summed E-state index contributed by atoms with van der Waals surface area (Å²) in [6.45, 7) is 3.57. The fraction of sp³-hybridized carbons (Fsp3) is 0.148. The molecule has 0 fully saturated rings. The van der Waals surface area contributed by atoms with Crippen LogP contribution in [-0.4, -0.2) is 10.5 Å². The molecule has 0 unspecified atom stereocenters. The van der Waals surface area contributed by atoms with Gasteiger partial charge < -0.3 is 14.6 Å². The Labute approximate surface area is 182 Å². The average Bonchev–Trinajstić information content (AvgIpc) is 3.20. The van der Waals surface area contributed by atoms with Crippen LogP contribution in [-0.2, 0) is 19.7 Å². The van der Waals surface area contributed by atoms with Gasteiger partial charge in [-0.15, -0.1) is 0 Å². The van der Waals surface area contributed by atoms with E-state index in [1.807, 2.05) is 109 Å². The van der Waals surface area contributed by atoms with Gasteiger partial charge in [-0.25, -0.2) is 0 Å². The predicted molar refractivity (Wildman–Crippen MR) is 125 cm³/mol. The number of carbonyl (C=O) groups excluding carboxylic acids is 1. The molecule has 4 rings (SSSR count). The maximum atomic E-state index is 13.1. The van der Waals surface area contributed by atoms with Crippen LogP contribution in [0.15, 0.2) is 97.1 Å². The molecular weight excluding hydrogens is 384 g/mol. The number of carbonyl (C=O) groups is 1. The van der Waals surface area contributed by atoms with Crippen molar-refractivity contribution >= 4 is 16.8 Å². The molecule has 0 spiro atoms. The molecule has 0 atom stereocenters. The molecule has 0 saturated carbocycles. The zero-order chi connectivity index (χ0) is 21.5. The van der Waals surface area contributed by atoms with Crippen molar-refractivity contribution in [3.05, 3.63) is 114 Å². The van der Waals surface area contributed by atoms with Crippen LogP contribution < -0.4 is 10.1 Å². The Hall–Kier alpha value is -3.79. The lowest BCUT2D eigenvalue weighted by Gasteiger charge is -2.10. The van der Waals surface area contributed by atoms with Crippen LogP contribution in [0.4, 0.5) is 0 Å². The smallest absolute Gasteiger partial charge is 0.268 e. The molecule has 1 heterocycles. The van der Waals surface area contributed by atoms with Crippen molar-refractivity contribution < 1.29 is 9.53 Å². The number of amides is 1. The summed E-state index contributed by atoms with van der Waals surface area (Å²) in [5.41, 5.74) is 3.78. The third-order valence-corrected chi connectivity index (χ3v) is 5.20. The van der Waals surface area contributed by atoms with E-state index in [0.717, 1.165) is 27.8 Å². The van der Waals surface area contributed by atoms with Gasteiger partial charge in [0.1, 0.15) is 18.1 Å². The highest BCUT2D eigenvalue weighted by Gasteiger charge is 2.17. The van der Waals surface area contributed by atoms with Gasteiger partial charge in [0.05, 0.1) is 5.52 Å². The fourth-order valence-corrected chi connectivity index (χ4v) is 3.58. The number of benzene rings is 3. The fourth-order valence-electron chi connectivity index (χ4n) is 3.58. The zero-order valence-electron chi connectivity index (χ0n) is 17.6. The summed E-state index contributed by atoms with van der Waals surface area (Å²) in [5.74, 6) is 0.677. The van der Waals surface area contributed by atoms with E-state index in [4.69, 9.17) is 4.74 Å². The number of fused-ring (bicyclic) bond motifs is 1. The summed E-state index contributed by atoms with van der Waals surface area (Å²) in [7, 11) is 0. The van der Waals surface area contributed by atoms with Crippen LogP contribution in [0, 0.1) is 0 Å². The second-order valence-electron chi connectivity index (χ2n) is 7.34. The maximum absolute atomic E-state index is 13.1. The van der Waals surface area contributed by atoms with E-state index in [9.17, 15) is 4.79 Å². The van der Waals surface area contributed by atoms with E-state index >= 15 is 0 Å². The molecular formula is C27H26N2O2. The number of ether oxygens (including phenoxy) is 1. The minimum Gasteiger partial charge on any atom is -0.488 e. The molecule has 0 radical (unpaired) electrons. The first-order chi connectivity index (χ1) is 15.3. The van der Waals surface area contributed by atoms with Gasteiger partial charge in [-0.3, -0.25) is 4.79 Å². The quantitative estimate of drug-likeness (QED) is 0.377. The first-order valence-corrected chi connectivity index (χ1v) is 10.5. The van der Waals surface area contributed by atoms with Crippen molar-refractivity contribution in [1.29, 1.82) is 0 Å². The number of hydrogen-bond acceptors (Lipinski definition) is 2. The Morgan fingerprint density at radius 2 is 1.65 bits per heavy atom. The number of nitrogens with zero attached hydrogens (tertiary/aromatic N) is 1. The highest BCUT2D eigenvalue weighted by Crippen LogP contribution is 2.30. The molecule has 156 valence electrons. The number of aromatic nitrogens is 1. The molecule has 31 heavy (non-hydrogen) atoms.